The summed E-state index contributed by atoms with van der Waals surface area (Å²) in [4.78, 5) is 43.7. The summed E-state index contributed by atoms with van der Waals surface area (Å²) in [5.41, 5.74) is 2.75. The first kappa shape index (κ1) is 38.5. The van der Waals surface area contributed by atoms with E-state index in [1.54, 1.807) is 13.2 Å². The van der Waals surface area contributed by atoms with Crippen LogP contribution >= 0.6 is 11.3 Å². The fourth-order valence-electron chi connectivity index (χ4n) is 4.83. The van der Waals surface area contributed by atoms with Gasteiger partial charge in [0.05, 0.1) is 28.6 Å². The number of hydrogen-bond acceptors (Lipinski definition) is 10. The standard InChI is InChI=1S/C35H51N7O5S/c1-5-23-47-27(25-46-4)13-10-12-22-36-32(43)16-7-6-11-21-37-33(44)19-20-34(45)38-30-24-26(42(2)3)17-18-28(30)40-41-35-39-29-14-8-9-15-31(29)48-35/h8-9,14-15,17-18,24,27H,5-7,10-13,16,19-23,25H2,1-4H3,(H,36,43)(H,37,44)(H,38,45). The maximum Gasteiger partial charge on any atom is 0.231 e. The number of para-hydroxylation sites is 1. The second kappa shape index (κ2) is 21.8. The van der Waals surface area contributed by atoms with Crippen LogP contribution in [0.2, 0.25) is 0 Å². The number of carbonyl (C=O) groups is 3. The van der Waals surface area contributed by atoms with Crippen LogP contribution in [0.5, 0.6) is 0 Å². The number of nitrogens with zero attached hydrogens (tertiary/aromatic N) is 4. The van der Waals surface area contributed by atoms with E-state index in [-0.39, 0.29) is 36.7 Å². The molecule has 0 aliphatic rings. The minimum absolute atomic E-state index is 0.0332. The van der Waals surface area contributed by atoms with Crippen LogP contribution in [0, 0.1) is 0 Å². The van der Waals surface area contributed by atoms with E-state index in [0.29, 0.717) is 42.6 Å². The average molecular weight is 682 g/mol. The fraction of sp³-hybridized carbons (Fsp3) is 0.543. The molecule has 3 N–H and O–H groups in total. The third-order valence-corrected chi connectivity index (χ3v) is 8.38. The molecule has 262 valence electrons. The number of unbranched alkanes of at least 4 members (excludes halogenated alkanes) is 3. The molecule has 0 bridgehead atoms. The van der Waals surface area contributed by atoms with Crippen molar-refractivity contribution >= 4 is 61.5 Å². The van der Waals surface area contributed by atoms with Crippen LogP contribution in [0.4, 0.5) is 22.2 Å². The van der Waals surface area contributed by atoms with Crippen molar-refractivity contribution in [2.45, 2.75) is 77.2 Å². The van der Waals surface area contributed by atoms with Gasteiger partial charge in [-0.3, -0.25) is 14.4 Å². The highest BCUT2D eigenvalue weighted by Crippen LogP contribution is 2.33. The molecule has 1 atom stereocenters. The summed E-state index contributed by atoms with van der Waals surface area (Å²) in [6.45, 7) is 4.58. The molecule has 1 aromatic heterocycles. The number of benzene rings is 2. The molecule has 3 amide bonds. The second-order valence-corrected chi connectivity index (χ2v) is 12.8. The van der Waals surface area contributed by atoms with Crippen molar-refractivity contribution in [2.24, 2.45) is 10.2 Å². The Morgan fingerprint density at radius 2 is 1.62 bits per heavy atom. The minimum Gasteiger partial charge on any atom is -0.382 e. The minimum atomic E-state index is -0.289. The van der Waals surface area contributed by atoms with Gasteiger partial charge in [-0.2, -0.15) is 0 Å². The molecule has 1 heterocycles. The normalized spacial score (nSPS) is 11.9. The molecule has 3 aromatic rings. The summed E-state index contributed by atoms with van der Waals surface area (Å²) >= 11 is 1.44. The number of nitrogens with one attached hydrogen (secondary N) is 3. The number of ether oxygens (including phenoxy) is 2. The Kier molecular flexibility index (Phi) is 17.5. The highest BCUT2D eigenvalue weighted by Gasteiger charge is 2.13. The van der Waals surface area contributed by atoms with Crippen LogP contribution in [0.25, 0.3) is 10.2 Å². The number of aromatic nitrogens is 1. The zero-order valence-corrected chi connectivity index (χ0v) is 29.6. The summed E-state index contributed by atoms with van der Waals surface area (Å²) in [5.74, 6) is -0.421. The average Bonchev–Trinajstić information content (AvgIpc) is 3.50. The van der Waals surface area contributed by atoms with Crippen molar-refractivity contribution in [1.29, 1.82) is 0 Å². The lowest BCUT2D eigenvalue weighted by molar-refractivity contribution is -0.124. The van der Waals surface area contributed by atoms with Crippen LogP contribution < -0.4 is 20.9 Å². The zero-order valence-electron chi connectivity index (χ0n) is 28.8. The molecular weight excluding hydrogens is 630 g/mol. The smallest absolute Gasteiger partial charge is 0.231 e. The monoisotopic (exact) mass is 681 g/mol. The molecule has 12 nitrogen and oxygen atoms in total. The van der Waals surface area contributed by atoms with Crippen molar-refractivity contribution < 1.29 is 23.9 Å². The maximum atomic E-state index is 12.8. The van der Waals surface area contributed by atoms with Crippen LogP contribution in [-0.4, -0.2) is 76.3 Å². The number of rotatable bonds is 23. The maximum absolute atomic E-state index is 12.8. The van der Waals surface area contributed by atoms with Crippen molar-refractivity contribution in [3.8, 4) is 0 Å². The van der Waals surface area contributed by atoms with E-state index in [1.165, 1.54) is 11.3 Å². The largest absolute Gasteiger partial charge is 0.382 e. The SMILES string of the molecule is CCCOC(CCCCNC(=O)CCCCCNC(=O)CCC(=O)Nc1cc(N(C)C)ccc1N=Nc1nc2ccccc2s1)COC. The van der Waals surface area contributed by atoms with E-state index in [4.69, 9.17) is 9.47 Å². The molecule has 2 aromatic carbocycles. The molecular formula is C35H51N7O5S. The lowest BCUT2D eigenvalue weighted by Gasteiger charge is -2.16. The summed E-state index contributed by atoms with van der Waals surface area (Å²) in [6, 6.07) is 13.3. The number of azo groups is 1. The molecule has 48 heavy (non-hydrogen) atoms. The molecule has 0 saturated heterocycles. The molecule has 0 aliphatic carbocycles. The van der Waals surface area contributed by atoms with Gasteiger partial charge in [0.2, 0.25) is 22.9 Å². The molecule has 0 spiro atoms. The predicted molar refractivity (Wildman–Crippen MR) is 193 cm³/mol. The Hall–Kier alpha value is -3.94. The summed E-state index contributed by atoms with van der Waals surface area (Å²) < 4.78 is 12.0. The number of anilines is 2. The highest BCUT2D eigenvalue weighted by atomic mass is 32.1. The van der Waals surface area contributed by atoms with Crippen LogP contribution in [0.15, 0.2) is 52.7 Å². The molecule has 3 rings (SSSR count). The first-order valence-electron chi connectivity index (χ1n) is 16.8. The Labute approximate surface area is 288 Å². The Balaban J connectivity index is 1.31. The lowest BCUT2D eigenvalue weighted by Crippen LogP contribution is -2.26. The first-order valence-corrected chi connectivity index (χ1v) is 17.6. The Bertz CT molecular complexity index is 1430. The zero-order chi connectivity index (χ0) is 34.6. The van der Waals surface area contributed by atoms with E-state index in [0.717, 1.165) is 67.5 Å². The molecule has 0 aliphatic heterocycles. The van der Waals surface area contributed by atoms with Crippen molar-refractivity contribution in [2.75, 3.05) is 57.7 Å². The Morgan fingerprint density at radius 1 is 0.896 bits per heavy atom. The topological polar surface area (TPSA) is 147 Å². The van der Waals surface area contributed by atoms with Crippen LogP contribution in [-0.2, 0) is 23.9 Å². The van der Waals surface area contributed by atoms with Crippen molar-refractivity contribution in [3.05, 3.63) is 42.5 Å². The summed E-state index contributed by atoms with van der Waals surface area (Å²) in [5, 5.41) is 17.9. The van der Waals surface area contributed by atoms with E-state index in [2.05, 4.69) is 38.1 Å². The molecule has 1 unspecified atom stereocenters. The van der Waals surface area contributed by atoms with E-state index in [9.17, 15) is 14.4 Å². The number of methoxy groups -OCH3 is 1. The predicted octanol–water partition coefficient (Wildman–Crippen LogP) is 6.90. The summed E-state index contributed by atoms with van der Waals surface area (Å²) in [6.07, 6.45) is 6.83. The van der Waals surface area contributed by atoms with Gasteiger partial charge in [-0.05, 0) is 68.9 Å². The van der Waals surface area contributed by atoms with Gasteiger partial charge in [0, 0.05) is 65.9 Å². The third-order valence-electron chi connectivity index (χ3n) is 7.46. The van der Waals surface area contributed by atoms with E-state index < -0.39 is 0 Å². The van der Waals surface area contributed by atoms with E-state index in [1.807, 2.05) is 55.4 Å². The molecule has 0 radical (unpaired) electrons. The third kappa shape index (κ3) is 14.4. The van der Waals surface area contributed by atoms with Gasteiger partial charge in [0.15, 0.2) is 0 Å². The molecule has 13 heteroatoms. The van der Waals surface area contributed by atoms with Crippen LogP contribution in [0.3, 0.4) is 0 Å². The number of fused-ring (bicyclic) bond motifs is 1. The van der Waals surface area contributed by atoms with Gasteiger partial charge >= 0.3 is 0 Å². The van der Waals surface area contributed by atoms with Gasteiger partial charge in [-0.1, -0.05) is 36.8 Å². The number of amides is 3. The lowest BCUT2D eigenvalue weighted by atomic mass is 10.1. The number of hydrogen-bond donors (Lipinski definition) is 3. The van der Waals surface area contributed by atoms with Gasteiger partial charge in [0.25, 0.3) is 0 Å². The van der Waals surface area contributed by atoms with Crippen molar-refractivity contribution in [3.63, 3.8) is 0 Å². The first-order chi connectivity index (χ1) is 23.3. The van der Waals surface area contributed by atoms with Gasteiger partial charge in [-0.15, -0.1) is 10.2 Å². The van der Waals surface area contributed by atoms with Crippen LogP contribution in [0.1, 0.15) is 71.1 Å². The molecule has 0 fully saturated rings. The second-order valence-electron chi connectivity index (χ2n) is 11.8. The number of carbonyl (C=O) groups excluding carboxylic acids is 3. The quantitative estimate of drug-likeness (QED) is 0.0729. The fourth-order valence-corrected chi connectivity index (χ4v) is 5.62. The summed E-state index contributed by atoms with van der Waals surface area (Å²) in [7, 11) is 5.51. The molecule has 0 saturated carbocycles. The highest BCUT2D eigenvalue weighted by molar-refractivity contribution is 7.21. The van der Waals surface area contributed by atoms with Gasteiger partial charge in [0.1, 0.15) is 5.69 Å². The van der Waals surface area contributed by atoms with Gasteiger partial charge < -0.3 is 30.3 Å². The van der Waals surface area contributed by atoms with Gasteiger partial charge in [-0.25, -0.2) is 4.98 Å². The Morgan fingerprint density at radius 3 is 2.35 bits per heavy atom. The van der Waals surface area contributed by atoms with E-state index >= 15 is 0 Å². The number of thiazole rings is 1. The van der Waals surface area contributed by atoms with Crippen molar-refractivity contribution in [1.82, 2.24) is 15.6 Å².